The average Bonchev–Trinajstić information content (AvgIpc) is 2.54. The van der Waals surface area contributed by atoms with Crippen LogP contribution in [0.5, 0.6) is 0 Å². The van der Waals surface area contributed by atoms with Crippen molar-refractivity contribution in [1.29, 1.82) is 0 Å². The van der Waals surface area contributed by atoms with Crippen LogP contribution in [-0.2, 0) is 11.3 Å². The minimum Gasteiger partial charge on any atom is -0.351 e. The van der Waals surface area contributed by atoms with Crippen LogP contribution in [0.4, 0.5) is 10.1 Å². The van der Waals surface area contributed by atoms with Crippen LogP contribution in [0.3, 0.4) is 0 Å². The van der Waals surface area contributed by atoms with Gasteiger partial charge in [0, 0.05) is 23.6 Å². The van der Waals surface area contributed by atoms with Crippen LogP contribution >= 0.6 is 11.8 Å². The Labute approximate surface area is 137 Å². The minimum absolute atomic E-state index is 0.0164. The van der Waals surface area contributed by atoms with Crippen LogP contribution in [0.1, 0.15) is 12.5 Å². The quantitative estimate of drug-likeness (QED) is 0.498. The van der Waals surface area contributed by atoms with Crippen LogP contribution < -0.4 is 5.32 Å². The highest BCUT2D eigenvalue weighted by Gasteiger charge is 2.14. The zero-order valence-electron chi connectivity index (χ0n) is 12.4. The molecular weight excluding hydrogens is 319 g/mol. The molecule has 0 heterocycles. The fraction of sp³-hybridized carbons (Fsp3) is 0.188. The number of nitrogens with one attached hydrogen (secondary N) is 1. The molecule has 1 atom stereocenters. The molecule has 1 unspecified atom stereocenters. The second kappa shape index (κ2) is 7.73. The Morgan fingerprint density at radius 1 is 1.22 bits per heavy atom. The zero-order chi connectivity index (χ0) is 16.8. The van der Waals surface area contributed by atoms with Crippen LogP contribution in [-0.4, -0.2) is 16.1 Å². The number of nitrogens with zero attached hydrogens (tertiary/aromatic N) is 1. The van der Waals surface area contributed by atoms with Gasteiger partial charge < -0.3 is 5.32 Å². The van der Waals surface area contributed by atoms with Crippen molar-refractivity contribution in [3.63, 3.8) is 0 Å². The minimum atomic E-state index is -0.465. The second-order valence-corrected chi connectivity index (χ2v) is 6.27. The maximum absolute atomic E-state index is 12.8. The standard InChI is InChI=1S/C16H15FN2O3S/c1-11(23-15-8-6-14(7-9-15)19(21)22)16(20)18-10-12-2-4-13(17)5-3-12/h2-9,11H,10H2,1H3,(H,18,20). The molecule has 1 N–H and O–H groups in total. The molecule has 2 rings (SSSR count). The first-order valence-corrected chi connectivity index (χ1v) is 7.77. The Balaban J connectivity index is 1.86. The lowest BCUT2D eigenvalue weighted by molar-refractivity contribution is -0.384. The van der Waals surface area contributed by atoms with Gasteiger partial charge in [-0.1, -0.05) is 12.1 Å². The first kappa shape index (κ1) is 17.0. The predicted molar refractivity (Wildman–Crippen MR) is 86.7 cm³/mol. The molecule has 120 valence electrons. The summed E-state index contributed by atoms with van der Waals surface area (Å²) in [5.74, 6) is -0.472. The topological polar surface area (TPSA) is 72.2 Å². The third-order valence-electron chi connectivity index (χ3n) is 3.11. The summed E-state index contributed by atoms with van der Waals surface area (Å²) < 4.78 is 12.8. The van der Waals surface area contributed by atoms with E-state index >= 15 is 0 Å². The summed E-state index contributed by atoms with van der Waals surface area (Å²) in [6.07, 6.45) is 0. The highest BCUT2D eigenvalue weighted by atomic mass is 32.2. The molecule has 5 nitrogen and oxygen atoms in total. The Morgan fingerprint density at radius 2 is 1.83 bits per heavy atom. The van der Waals surface area contributed by atoms with Gasteiger partial charge in [0.15, 0.2) is 0 Å². The van der Waals surface area contributed by atoms with Gasteiger partial charge in [-0.2, -0.15) is 0 Å². The van der Waals surface area contributed by atoms with Gasteiger partial charge in [-0.05, 0) is 36.8 Å². The van der Waals surface area contributed by atoms with Crippen molar-refractivity contribution in [3.8, 4) is 0 Å². The monoisotopic (exact) mass is 334 g/mol. The summed E-state index contributed by atoms with van der Waals surface area (Å²) in [7, 11) is 0. The Bertz CT molecular complexity index is 689. The smallest absolute Gasteiger partial charge is 0.269 e. The van der Waals surface area contributed by atoms with Gasteiger partial charge in [0.05, 0.1) is 10.2 Å². The van der Waals surface area contributed by atoms with E-state index < -0.39 is 4.92 Å². The third kappa shape index (κ3) is 5.07. The normalized spacial score (nSPS) is 11.7. The van der Waals surface area contributed by atoms with E-state index in [1.165, 1.54) is 36.0 Å². The fourth-order valence-electron chi connectivity index (χ4n) is 1.84. The van der Waals surface area contributed by atoms with E-state index in [0.717, 1.165) is 10.5 Å². The molecule has 0 aliphatic heterocycles. The van der Waals surface area contributed by atoms with E-state index in [9.17, 15) is 19.3 Å². The molecule has 0 aromatic heterocycles. The van der Waals surface area contributed by atoms with Crippen LogP contribution in [0.2, 0.25) is 0 Å². The Morgan fingerprint density at radius 3 is 2.39 bits per heavy atom. The van der Waals surface area contributed by atoms with Crippen LogP contribution in [0.25, 0.3) is 0 Å². The van der Waals surface area contributed by atoms with Gasteiger partial charge in [0.2, 0.25) is 5.91 Å². The lowest BCUT2D eigenvalue weighted by Crippen LogP contribution is -2.30. The van der Waals surface area contributed by atoms with Crippen LogP contribution in [0, 0.1) is 15.9 Å². The van der Waals surface area contributed by atoms with E-state index in [0.29, 0.717) is 6.54 Å². The number of rotatable bonds is 6. The maximum Gasteiger partial charge on any atom is 0.269 e. The first-order valence-electron chi connectivity index (χ1n) is 6.89. The molecule has 23 heavy (non-hydrogen) atoms. The number of thioether (sulfide) groups is 1. The summed E-state index contributed by atoms with van der Waals surface area (Å²) in [6.45, 7) is 2.08. The number of hydrogen-bond donors (Lipinski definition) is 1. The summed E-state index contributed by atoms with van der Waals surface area (Å²) in [5.41, 5.74) is 0.829. The molecule has 0 aliphatic rings. The average molecular weight is 334 g/mol. The number of hydrogen-bond acceptors (Lipinski definition) is 4. The van der Waals surface area contributed by atoms with E-state index in [2.05, 4.69) is 5.32 Å². The van der Waals surface area contributed by atoms with Crippen molar-refractivity contribution in [3.05, 3.63) is 70.0 Å². The van der Waals surface area contributed by atoms with Gasteiger partial charge in [-0.3, -0.25) is 14.9 Å². The van der Waals surface area contributed by atoms with Gasteiger partial charge in [0.25, 0.3) is 5.69 Å². The molecule has 0 saturated carbocycles. The number of halogens is 1. The maximum atomic E-state index is 12.8. The first-order chi connectivity index (χ1) is 11.0. The van der Waals surface area contributed by atoms with Gasteiger partial charge in [-0.15, -0.1) is 11.8 Å². The lowest BCUT2D eigenvalue weighted by atomic mass is 10.2. The number of nitro groups is 1. The van der Waals surface area contributed by atoms with Crippen molar-refractivity contribution >= 4 is 23.4 Å². The Kier molecular flexibility index (Phi) is 5.70. The molecule has 0 fully saturated rings. The fourth-order valence-corrected chi connectivity index (χ4v) is 2.73. The molecule has 0 spiro atoms. The number of carbonyl (C=O) groups is 1. The molecule has 0 bridgehead atoms. The Hall–Kier alpha value is -2.41. The summed E-state index contributed by atoms with van der Waals surface area (Å²) >= 11 is 1.32. The van der Waals surface area contributed by atoms with Crippen molar-refractivity contribution < 1.29 is 14.1 Å². The number of amides is 1. The van der Waals surface area contributed by atoms with E-state index in [1.54, 1.807) is 31.2 Å². The third-order valence-corrected chi connectivity index (χ3v) is 4.22. The number of benzene rings is 2. The van der Waals surface area contributed by atoms with Gasteiger partial charge in [0.1, 0.15) is 5.82 Å². The summed E-state index contributed by atoms with van der Waals surface area (Å²) in [4.78, 5) is 23.0. The molecule has 0 saturated heterocycles. The molecule has 7 heteroatoms. The summed E-state index contributed by atoms with van der Waals surface area (Å²) in [5, 5.41) is 13.0. The zero-order valence-corrected chi connectivity index (χ0v) is 13.2. The van der Waals surface area contributed by atoms with E-state index in [4.69, 9.17) is 0 Å². The lowest BCUT2D eigenvalue weighted by Gasteiger charge is -2.12. The van der Waals surface area contributed by atoms with E-state index in [1.807, 2.05) is 0 Å². The molecular formula is C16H15FN2O3S. The van der Waals surface area contributed by atoms with Crippen molar-refractivity contribution in [2.75, 3.05) is 0 Å². The van der Waals surface area contributed by atoms with Crippen LogP contribution in [0.15, 0.2) is 53.4 Å². The molecule has 0 aliphatic carbocycles. The highest BCUT2D eigenvalue weighted by molar-refractivity contribution is 8.00. The van der Waals surface area contributed by atoms with Gasteiger partial charge >= 0.3 is 0 Å². The molecule has 2 aromatic rings. The van der Waals surface area contributed by atoms with E-state index in [-0.39, 0.29) is 22.7 Å². The number of non-ortho nitro benzene ring substituents is 1. The van der Waals surface area contributed by atoms with Crippen molar-refractivity contribution in [2.45, 2.75) is 23.6 Å². The molecule has 2 aromatic carbocycles. The molecule has 1 amide bonds. The SMILES string of the molecule is CC(Sc1ccc([N+](=O)[O-])cc1)C(=O)NCc1ccc(F)cc1. The predicted octanol–water partition coefficient (Wildman–Crippen LogP) is 3.53. The summed E-state index contributed by atoms with van der Waals surface area (Å²) in [6, 6.07) is 12.0. The van der Waals surface area contributed by atoms with Gasteiger partial charge in [-0.25, -0.2) is 4.39 Å². The van der Waals surface area contributed by atoms with Crippen molar-refractivity contribution in [1.82, 2.24) is 5.32 Å². The number of nitro benzene ring substituents is 1. The number of carbonyl (C=O) groups excluding carboxylic acids is 1. The molecule has 0 radical (unpaired) electrons. The highest BCUT2D eigenvalue weighted by Crippen LogP contribution is 2.25. The second-order valence-electron chi connectivity index (χ2n) is 4.86. The van der Waals surface area contributed by atoms with Crippen molar-refractivity contribution in [2.24, 2.45) is 0 Å². The largest absolute Gasteiger partial charge is 0.351 e.